The Labute approximate surface area is 143 Å². The lowest BCUT2D eigenvalue weighted by atomic mass is 10.1. The van der Waals surface area contributed by atoms with E-state index in [-0.39, 0.29) is 5.82 Å². The third-order valence-corrected chi connectivity index (χ3v) is 3.79. The van der Waals surface area contributed by atoms with Crippen molar-refractivity contribution < 1.29 is 13.9 Å². The zero-order valence-electron chi connectivity index (χ0n) is 14.3. The molecular formula is C19H25FN2O2. The zero-order valence-corrected chi connectivity index (χ0v) is 14.3. The van der Waals surface area contributed by atoms with Crippen molar-refractivity contribution in [3.8, 4) is 11.5 Å². The van der Waals surface area contributed by atoms with E-state index in [2.05, 4.69) is 10.6 Å². The molecule has 5 heteroatoms. The standard InChI is InChI=1S/C19H25FN2O2/c1-23-18-8-5-16(19(13-18)24-2)14-22-12-11-21-10-9-15-3-6-17(20)7-4-15/h3-8,13,21-22H,9-12,14H2,1-2H3. The molecule has 0 heterocycles. The smallest absolute Gasteiger partial charge is 0.127 e. The van der Waals surface area contributed by atoms with E-state index in [9.17, 15) is 4.39 Å². The minimum atomic E-state index is -0.190. The van der Waals surface area contributed by atoms with Crippen LogP contribution in [0.3, 0.4) is 0 Å². The SMILES string of the molecule is COc1ccc(CNCCNCCc2ccc(F)cc2)c(OC)c1. The Morgan fingerprint density at radius 1 is 0.875 bits per heavy atom. The third kappa shape index (κ3) is 5.83. The highest BCUT2D eigenvalue weighted by molar-refractivity contribution is 5.40. The van der Waals surface area contributed by atoms with Gasteiger partial charge in [-0.1, -0.05) is 18.2 Å². The van der Waals surface area contributed by atoms with Gasteiger partial charge in [0.25, 0.3) is 0 Å². The van der Waals surface area contributed by atoms with Crippen LogP contribution in [0.4, 0.5) is 4.39 Å². The molecule has 0 aromatic heterocycles. The van der Waals surface area contributed by atoms with Crippen LogP contribution in [-0.2, 0) is 13.0 Å². The highest BCUT2D eigenvalue weighted by atomic mass is 19.1. The van der Waals surface area contributed by atoms with Gasteiger partial charge in [-0.05, 0) is 36.7 Å². The quantitative estimate of drug-likeness (QED) is 0.657. The molecule has 130 valence electrons. The number of ether oxygens (including phenoxy) is 2. The van der Waals surface area contributed by atoms with Gasteiger partial charge in [-0.25, -0.2) is 4.39 Å². The highest BCUT2D eigenvalue weighted by Gasteiger charge is 2.04. The fourth-order valence-corrected chi connectivity index (χ4v) is 2.41. The van der Waals surface area contributed by atoms with Gasteiger partial charge in [-0.15, -0.1) is 0 Å². The van der Waals surface area contributed by atoms with E-state index in [1.165, 1.54) is 12.1 Å². The molecule has 0 atom stereocenters. The number of halogens is 1. The Morgan fingerprint density at radius 2 is 1.62 bits per heavy atom. The number of nitrogens with one attached hydrogen (secondary N) is 2. The summed E-state index contributed by atoms with van der Waals surface area (Å²) in [5, 5.41) is 6.76. The summed E-state index contributed by atoms with van der Waals surface area (Å²) >= 11 is 0. The summed E-state index contributed by atoms with van der Waals surface area (Å²) in [5.74, 6) is 1.43. The van der Waals surface area contributed by atoms with Gasteiger partial charge in [0.2, 0.25) is 0 Å². The third-order valence-electron chi connectivity index (χ3n) is 3.79. The molecule has 0 saturated carbocycles. The number of methoxy groups -OCH3 is 2. The molecule has 0 unspecified atom stereocenters. The summed E-state index contributed by atoms with van der Waals surface area (Å²) < 4.78 is 23.4. The fraction of sp³-hybridized carbons (Fsp3) is 0.368. The fourth-order valence-electron chi connectivity index (χ4n) is 2.41. The lowest BCUT2D eigenvalue weighted by molar-refractivity contribution is 0.390. The molecule has 24 heavy (non-hydrogen) atoms. The summed E-state index contributed by atoms with van der Waals surface area (Å²) in [6, 6.07) is 12.5. The Balaban J connectivity index is 1.62. The van der Waals surface area contributed by atoms with E-state index >= 15 is 0 Å². The number of benzene rings is 2. The predicted molar refractivity (Wildman–Crippen MR) is 94.2 cm³/mol. The van der Waals surface area contributed by atoms with Crippen molar-refractivity contribution in [2.24, 2.45) is 0 Å². The maximum atomic E-state index is 12.8. The normalized spacial score (nSPS) is 10.6. The van der Waals surface area contributed by atoms with Gasteiger partial charge in [0.1, 0.15) is 17.3 Å². The lowest BCUT2D eigenvalue weighted by Crippen LogP contribution is -2.28. The zero-order chi connectivity index (χ0) is 17.2. The Hall–Kier alpha value is -2.11. The second-order valence-electron chi connectivity index (χ2n) is 5.48. The number of hydrogen-bond acceptors (Lipinski definition) is 4. The summed E-state index contributed by atoms with van der Waals surface area (Å²) in [6.07, 6.45) is 0.895. The van der Waals surface area contributed by atoms with E-state index in [0.717, 1.165) is 55.2 Å². The van der Waals surface area contributed by atoms with Gasteiger partial charge in [-0.2, -0.15) is 0 Å². The topological polar surface area (TPSA) is 42.5 Å². The maximum absolute atomic E-state index is 12.8. The minimum Gasteiger partial charge on any atom is -0.497 e. The van der Waals surface area contributed by atoms with Crippen LogP contribution in [-0.4, -0.2) is 33.9 Å². The van der Waals surface area contributed by atoms with Crippen LogP contribution in [0.15, 0.2) is 42.5 Å². The van der Waals surface area contributed by atoms with Crippen LogP contribution in [0.5, 0.6) is 11.5 Å². The molecule has 0 bridgehead atoms. The Kier molecular flexibility index (Phi) is 7.52. The van der Waals surface area contributed by atoms with Crippen molar-refractivity contribution in [3.05, 3.63) is 59.4 Å². The largest absolute Gasteiger partial charge is 0.497 e. The first-order valence-corrected chi connectivity index (χ1v) is 8.09. The average molecular weight is 332 g/mol. The summed E-state index contributed by atoms with van der Waals surface area (Å²) in [4.78, 5) is 0. The molecule has 2 aromatic rings. The number of hydrogen-bond donors (Lipinski definition) is 2. The Bertz CT molecular complexity index is 617. The first-order chi connectivity index (χ1) is 11.7. The van der Waals surface area contributed by atoms with E-state index in [1.54, 1.807) is 14.2 Å². The van der Waals surface area contributed by atoms with Crippen molar-refractivity contribution >= 4 is 0 Å². The van der Waals surface area contributed by atoms with Crippen LogP contribution in [0.25, 0.3) is 0 Å². The van der Waals surface area contributed by atoms with Gasteiger partial charge in [0.05, 0.1) is 14.2 Å². The first kappa shape index (κ1) is 18.2. The predicted octanol–water partition coefficient (Wildman–Crippen LogP) is 2.76. The maximum Gasteiger partial charge on any atom is 0.127 e. The summed E-state index contributed by atoms with van der Waals surface area (Å²) in [7, 11) is 3.31. The molecule has 4 nitrogen and oxygen atoms in total. The summed E-state index contributed by atoms with van der Waals surface area (Å²) in [5.41, 5.74) is 2.24. The van der Waals surface area contributed by atoms with Crippen LogP contribution in [0.1, 0.15) is 11.1 Å². The van der Waals surface area contributed by atoms with Gasteiger partial charge in [0.15, 0.2) is 0 Å². The molecule has 0 amide bonds. The molecule has 2 aromatic carbocycles. The second-order valence-corrected chi connectivity index (χ2v) is 5.48. The molecule has 0 aliphatic rings. The van der Waals surface area contributed by atoms with Crippen molar-refractivity contribution in [1.82, 2.24) is 10.6 Å². The molecule has 0 spiro atoms. The van der Waals surface area contributed by atoms with Crippen molar-refractivity contribution in [2.75, 3.05) is 33.9 Å². The second kappa shape index (κ2) is 9.90. The van der Waals surface area contributed by atoms with Crippen molar-refractivity contribution in [3.63, 3.8) is 0 Å². The van der Waals surface area contributed by atoms with E-state index in [4.69, 9.17) is 9.47 Å². The van der Waals surface area contributed by atoms with E-state index in [0.29, 0.717) is 0 Å². The van der Waals surface area contributed by atoms with Crippen LogP contribution in [0, 0.1) is 5.82 Å². The van der Waals surface area contributed by atoms with E-state index < -0.39 is 0 Å². The van der Waals surface area contributed by atoms with Crippen LogP contribution < -0.4 is 20.1 Å². The van der Waals surface area contributed by atoms with Crippen LogP contribution in [0.2, 0.25) is 0 Å². The molecule has 0 radical (unpaired) electrons. The number of rotatable bonds is 10. The first-order valence-electron chi connectivity index (χ1n) is 8.09. The van der Waals surface area contributed by atoms with Crippen LogP contribution >= 0.6 is 0 Å². The van der Waals surface area contributed by atoms with Gasteiger partial charge in [0, 0.05) is 31.3 Å². The monoisotopic (exact) mass is 332 g/mol. The molecule has 0 saturated heterocycles. The van der Waals surface area contributed by atoms with Crippen molar-refractivity contribution in [2.45, 2.75) is 13.0 Å². The van der Waals surface area contributed by atoms with Crippen molar-refractivity contribution in [1.29, 1.82) is 0 Å². The average Bonchev–Trinajstić information content (AvgIpc) is 2.62. The molecule has 0 aliphatic heterocycles. The molecule has 0 fully saturated rings. The lowest BCUT2D eigenvalue weighted by Gasteiger charge is -2.11. The molecule has 2 N–H and O–H groups in total. The van der Waals surface area contributed by atoms with Gasteiger partial charge in [-0.3, -0.25) is 0 Å². The van der Waals surface area contributed by atoms with Gasteiger partial charge >= 0.3 is 0 Å². The highest BCUT2D eigenvalue weighted by Crippen LogP contribution is 2.24. The molecular weight excluding hydrogens is 307 g/mol. The molecule has 0 aliphatic carbocycles. The Morgan fingerprint density at radius 3 is 2.33 bits per heavy atom. The summed E-state index contributed by atoms with van der Waals surface area (Å²) in [6.45, 7) is 3.35. The van der Waals surface area contributed by atoms with E-state index in [1.807, 2.05) is 30.3 Å². The van der Waals surface area contributed by atoms with Gasteiger partial charge < -0.3 is 20.1 Å². The minimum absolute atomic E-state index is 0.190. The molecule has 2 rings (SSSR count).